The minimum absolute atomic E-state index is 0.0571. The van der Waals surface area contributed by atoms with Crippen LogP contribution in [0.4, 0.5) is 0 Å². The highest BCUT2D eigenvalue weighted by atomic mass is 35.5. The molecule has 1 heterocycles. The Morgan fingerprint density at radius 2 is 1.95 bits per heavy atom. The Morgan fingerprint density at radius 3 is 2.71 bits per heavy atom. The molecule has 1 atom stereocenters. The molecule has 1 aromatic heterocycles. The van der Waals surface area contributed by atoms with E-state index in [0.717, 1.165) is 22.2 Å². The molecule has 0 aliphatic carbocycles. The van der Waals surface area contributed by atoms with Gasteiger partial charge in [0.2, 0.25) is 0 Å². The fourth-order valence-corrected chi connectivity index (χ4v) is 2.39. The molecule has 0 aliphatic heterocycles. The lowest BCUT2D eigenvalue weighted by molar-refractivity contribution is 0.488. The summed E-state index contributed by atoms with van der Waals surface area (Å²) >= 11 is 6.28. The van der Waals surface area contributed by atoms with Crippen LogP contribution in [-0.2, 0) is 0 Å². The van der Waals surface area contributed by atoms with Crippen LogP contribution in [0.2, 0.25) is 5.02 Å². The van der Waals surface area contributed by atoms with Crippen molar-refractivity contribution in [3.05, 3.63) is 65.3 Å². The molecule has 4 heteroatoms. The van der Waals surface area contributed by atoms with Crippen molar-refractivity contribution in [2.24, 2.45) is 5.73 Å². The maximum absolute atomic E-state index is 6.28. The van der Waals surface area contributed by atoms with Crippen LogP contribution < -0.4 is 10.5 Å². The number of halogens is 1. The van der Waals surface area contributed by atoms with Gasteiger partial charge < -0.3 is 10.5 Å². The van der Waals surface area contributed by atoms with Crippen LogP contribution in [-0.4, -0.2) is 4.98 Å². The Balaban J connectivity index is 1.99. The van der Waals surface area contributed by atoms with Gasteiger partial charge in [0, 0.05) is 17.6 Å². The van der Waals surface area contributed by atoms with Crippen LogP contribution in [0, 0.1) is 0 Å². The fraction of sp³-hybridized carbons (Fsp3) is 0.118. The van der Waals surface area contributed by atoms with Crippen molar-refractivity contribution in [1.82, 2.24) is 4.98 Å². The highest BCUT2D eigenvalue weighted by Gasteiger charge is 2.09. The molecule has 2 aromatic carbocycles. The van der Waals surface area contributed by atoms with Gasteiger partial charge in [0.05, 0.1) is 10.5 Å². The van der Waals surface area contributed by atoms with E-state index in [1.807, 2.05) is 55.5 Å². The first kappa shape index (κ1) is 13.9. The van der Waals surface area contributed by atoms with Gasteiger partial charge in [0.15, 0.2) is 0 Å². The first-order chi connectivity index (χ1) is 10.1. The number of rotatable bonds is 3. The van der Waals surface area contributed by atoms with Gasteiger partial charge in [-0.3, -0.25) is 4.98 Å². The number of ether oxygens (including phenoxy) is 1. The lowest BCUT2D eigenvalue weighted by Crippen LogP contribution is -2.04. The molecule has 3 nitrogen and oxygen atoms in total. The van der Waals surface area contributed by atoms with Gasteiger partial charge in [0.25, 0.3) is 0 Å². The van der Waals surface area contributed by atoms with Crippen LogP contribution in [0.25, 0.3) is 10.9 Å². The van der Waals surface area contributed by atoms with Crippen molar-refractivity contribution in [2.45, 2.75) is 13.0 Å². The molecule has 3 aromatic rings. The van der Waals surface area contributed by atoms with E-state index in [4.69, 9.17) is 22.1 Å². The minimum Gasteiger partial charge on any atom is -0.455 e. The largest absolute Gasteiger partial charge is 0.455 e. The Morgan fingerprint density at radius 1 is 1.10 bits per heavy atom. The molecular weight excluding hydrogens is 284 g/mol. The number of nitrogens with two attached hydrogens (primary N) is 1. The predicted octanol–water partition coefficient (Wildman–Crippen LogP) is 4.70. The maximum atomic E-state index is 6.28. The zero-order valence-electron chi connectivity index (χ0n) is 11.6. The van der Waals surface area contributed by atoms with Gasteiger partial charge in [0.1, 0.15) is 11.5 Å². The zero-order chi connectivity index (χ0) is 14.8. The normalized spacial score (nSPS) is 12.3. The third kappa shape index (κ3) is 2.84. The third-order valence-corrected chi connectivity index (χ3v) is 3.60. The average Bonchev–Trinajstić information content (AvgIpc) is 2.49. The Bertz CT molecular complexity index is 781. The van der Waals surface area contributed by atoms with Gasteiger partial charge in [-0.15, -0.1) is 0 Å². The van der Waals surface area contributed by atoms with E-state index in [-0.39, 0.29) is 6.04 Å². The molecule has 0 amide bonds. The van der Waals surface area contributed by atoms with E-state index < -0.39 is 0 Å². The molecule has 0 fully saturated rings. The van der Waals surface area contributed by atoms with Crippen molar-refractivity contribution in [1.29, 1.82) is 0 Å². The number of hydrogen-bond acceptors (Lipinski definition) is 3. The second-order valence-corrected chi connectivity index (χ2v) is 5.31. The van der Waals surface area contributed by atoms with Gasteiger partial charge in [-0.1, -0.05) is 23.7 Å². The molecule has 2 N–H and O–H groups in total. The maximum Gasteiger partial charge on any atom is 0.146 e. The highest BCUT2D eigenvalue weighted by molar-refractivity contribution is 6.32. The number of aromatic nitrogens is 1. The van der Waals surface area contributed by atoms with Gasteiger partial charge in [-0.25, -0.2) is 0 Å². The monoisotopic (exact) mass is 298 g/mol. The molecule has 0 bridgehead atoms. The quantitative estimate of drug-likeness (QED) is 0.762. The summed E-state index contributed by atoms with van der Waals surface area (Å²) in [4.78, 5) is 4.31. The number of benzene rings is 2. The first-order valence-electron chi connectivity index (χ1n) is 6.72. The Labute approximate surface area is 128 Å². The second-order valence-electron chi connectivity index (χ2n) is 4.91. The molecule has 106 valence electrons. The van der Waals surface area contributed by atoms with Gasteiger partial charge in [-0.05, 0) is 48.9 Å². The summed E-state index contributed by atoms with van der Waals surface area (Å²) in [7, 11) is 0. The lowest BCUT2D eigenvalue weighted by Gasteiger charge is -2.12. The smallest absolute Gasteiger partial charge is 0.146 e. The standard InChI is InChI=1S/C17H15ClN2O/c1-11(19)12-7-8-17(14(18)10-12)21-16-6-2-5-15-13(16)4-3-9-20-15/h2-11H,19H2,1H3/t11-/m0/s1. The van der Waals surface area contributed by atoms with Crippen molar-refractivity contribution >= 4 is 22.5 Å². The number of fused-ring (bicyclic) bond motifs is 1. The third-order valence-electron chi connectivity index (χ3n) is 3.31. The molecular formula is C17H15ClN2O. The van der Waals surface area contributed by atoms with Crippen LogP contribution in [0.5, 0.6) is 11.5 Å². The van der Waals surface area contributed by atoms with E-state index in [1.54, 1.807) is 6.20 Å². The van der Waals surface area contributed by atoms with Crippen LogP contribution in [0.1, 0.15) is 18.5 Å². The number of hydrogen-bond donors (Lipinski definition) is 1. The van der Waals surface area contributed by atoms with E-state index in [9.17, 15) is 0 Å². The molecule has 21 heavy (non-hydrogen) atoms. The molecule has 0 saturated carbocycles. The van der Waals surface area contributed by atoms with Crippen molar-refractivity contribution < 1.29 is 4.74 Å². The summed E-state index contributed by atoms with van der Waals surface area (Å²) in [6, 6.07) is 15.2. The molecule has 0 radical (unpaired) electrons. The minimum atomic E-state index is -0.0571. The highest BCUT2D eigenvalue weighted by Crippen LogP contribution is 2.34. The van der Waals surface area contributed by atoms with Crippen LogP contribution >= 0.6 is 11.6 Å². The summed E-state index contributed by atoms with van der Waals surface area (Å²) in [5.74, 6) is 1.34. The number of pyridine rings is 1. The van der Waals surface area contributed by atoms with Crippen LogP contribution in [0.3, 0.4) is 0 Å². The Kier molecular flexibility index (Phi) is 3.78. The molecule has 0 unspecified atom stereocenters. The van der Waals surface area contributed by atoms with Crippen molar-refractivity contribution in [3.8, 4) is 11.5 Å². The Hall–Kier alpha value is -2.10. The topological polar surface area (TPSA) is 48.1 Å². The summed E-state index contributed by atoms with van der Waals surface area (Å²) in [5, 5.41) is 1.50. The first-order valence-corrected chi connectivity index (χ1v) is 7.09. The lowest BCUT2D eigenvalue weighted by atomic mass is 10.1. The summed E-state index contributed by atoms with van der Waals surface area (Å²) in [5.41, 5.74) is 7.72. The SMILES string of the molecule is C[C@H](N)c1ccc(Oc2cccc3ncccc23)c(Cl)c1. The molecule has 0 spiro atoms. The summed E-state index contributed by atoms with van der Waals surface area (Å²) < 4.78 is 5.94. The van der Waals surface area contributed by atoms with Crippen molar-refractivity contribution in [2.75, 3.05) is 0 Å². The molecule has 0 saturated heterocycles. The van der Waals surface area contributed by atoms with E-state index in [0.29, 0.717) is 10.8 Å². The van der Waals surface area contributed by atoms with Gasteiger partial charge in [-0.2, -0.15) is 0 Å². The van der Waals surface area contributed by atoms with E-state index >= 15 is 0 Å². The van der Waals surface area contributed by atoms with E-state index in [2.05, 4.69) is 4.98 Å². The molecule has 3 rings (SSSR count). The molecule has 0 aliphatic rings. The summed E-state index contributed by atoms with van der Waals surface area (Å²) in [6.07, 6.45) is 1.76. The predicted molar refractivity (Wildman–Crippen MR) is 85.9 cm³/mol. The average molecular weight is 299 g/mol. The van der Waals surface area contributed by atoms with Gasteiger partial charge >= 0.3 is 0 Å². The fourth-order valence-electron chi connectivity index (χ4n) is 2.17. The van der Waals surface area contributed by atoms with Crippen LogP contribution in [0.15, 0.2) is 54.7 Å². The summed E-state index contributed by atoms with van der Waals surface area (Å²) in [6.45, 7) is 1.92. The second kappa shape index (κ2) is 5.72. The van der Waals surface area contributed by atoms with Crippen molar-refractivity contribution in [3.63, 3.8) is 0 Å². The van der Waals surface area contributed by atoms with E-state index in [1.165, 1.54) is 0 Å². The number of nitrogens with zero attached hydrogens (tertiary/aromatic N) is 1. The zero-order valence-corrected chi connectivity index (χ0v) is 12.3.